The minimum atomic E-state index is -0.270. The lowest BCUT2D eigenvalue weighted by Crippen LogP contribution is -2.33. The van der Waals surface area contributed by atoms with Gasteiger partial charge < -0.3 is 10.1 Å². The van der Waals surface area contributed by atoms with Crippen LogP contribution < -0.4 is 5.32 Å². The maximum absolute atomic E-state index is 13.0. The predicted octanol–water partition coefficient (Wildman–Crippen LogP) is 3.76. The first-order valence-corrected chi connectivity index (χ1v) is 8.90. The highest BCUT2D eigenvalue weighted by Crippen LogP contribution is 2.21. The third-order valence-corrected chi connectivity index (χ3v) is 4.05. The number of morpholine rings is 1. The topological polar surface area (TPSA) is 52.0 Å². The van der Waals surface area contributed by atoms with E-state index >= 15 is 0 Å². The highest BCUT2D eigenvalue weighted by molar-refractivity contribution is 5.54. The molecule has 1 N–H and O–H groups in total. The lowest BCUT2D eigenvalue weighted by Gasteiger charge is -2.24. The molecule has 1 aromatic heterocycles. The van der Waals surface area contributed by atoms with E-state index in [0.717, 1.165) is 36.5 Å². The molecule has 5 nitrogen and oxygen atoms in total. The van der Waals surface area contributed by atoms with Crippen LogP contribution in [-0.4, -0.2) is 34.5 Å². The molecule has 6 heteroatoms. The van der Waals surface area contributed by atoms with Gasteiger partial charge in [0.2, 0.25) is 0 Å². The van der Waals surface area contributed by atoms with Crippen molar-refractivity contribution >= 4 is 0 Å². The molecule has 0 aliphatic carbocycles. The van der Waals surface area contributed by atoms with Gasteiger partial charge in [-0.3, -0.25) is 0 Å². The second-order valence-corrected chi connectivity index (χ2v) is 5.67. The van der Waals surface area contributed by atoms with Gasteiger partial charge in [0.15, 0.2) is 5.82 Å². The van der Waals surface area contributed by atoms with E-state index in [0.29, 0.717) is 5.82 Å². The average Bonchev–Trinajstić information content (AvgIpc) is 3.21. The molecular formula is C20H23FN4O. The Morgan fingerprint density at radius 2 is 1.81 bits per heavy atom. The van der Waals surface area contributed by atoms with Crippen molar-refractivity contribution in [1.82, 2.24) is 20.1 Å². The third-order valence-electron chi connectivity index (χ3n) is 4.05. The van der Waals surface area contributed by atoms with Gasteiger partial charge in [-0.15, -0.1) is 5.10 Å². The number of hydrogen-bond acceptors (Lipinski definition) is 4. The Bertz CT molecular complexity index is 809. The van der Waals surface area contributed by atoms with E-state index in [9.17, 15) is 4.39 Å². The van der Waals surface area contributed by atoms with Crippen molar-refractivity contribution in [2.75, 3.05) is 19.7 Å². The molecule has 2 heterocycles. The molecule has 1 unspecified atom stereocenters. The highest BCUT2D eigenvalue weighted by atomic mass is 19.1. The Morgan fingerprint density at radius 3 is 2.46 bits per heavy atom. The molecule has 3 aromatic rings. The van der Waals surface area contributed by atoms with Gasteiger partial charge in [0.05, 0.1) is 18.4 Å². The molecule has 0 radical (unpaired) electrons. The summed E-state index contributed by atoms with van der Waals surface area (Å²) < 4.78 is 20.5. The van der Waals surface area contributed by atoms with E-state index in [1.807, 2.05) is 38.1 Å². The monoisotopic (exact) mass is 354 g/mol. The van der Waals surface area contributed by atoms with Gasteiger partial charge in [-0.2, -0.15) is 0 Å². The van der Waals surface area contributed by atoms with Gasteiger partial charge in [0, 0.05) is 18.7 Å². The first-order valence-electron chi connectivity index (χ1n) is 8.90. The van der Waals surface area contributed by atoms with Crippen molar-refractivity contribution in [3.8, 4) is 17.1 Å². The zero-order valence-electron chi connectivity index (χ0n) is 15.0. The van der Waals surface area contributed by atoms with Crippen molar-refractivity contribution in [3.05, 3.63) is 66.2 Å². The van der Waals surface area contributed by atoms with E-state index in [4.69, 9.17) is 4.74 Å². The summed E-state index contributed by atoms with van der Waals surface area (Å²) in [5.74, 6) is 0.298. The summed E-state index contributed by atoms with van der Waals surface area (Å²) in [5, 5.41) is 7.79. The second kappa shape index (κ2) is 8.69. The first kappa shape index (κ1) is 18.2. The maximum atomic E-state index is 13.0. The molecular weight excluding hydrogens is 331 g/mol. The van der Waals surface area contributed by atoms with Crippen LogP contribution in [0.1, 0.15) is 25.5 Å². The number of aromatic nitrogens is 3. The zero-order chi connectivity index (χ0) is 18.4. The van der Waals surface area contributed by atoms with Crippen LogP contribution in [0.4, 0.5) is 4.39 Å². The molecule has 1 aliphatic heterocycles. The van der Waals surface area contributed by atoms with E-state index in [2.05, 4.69) is 15.4 Å². The quantitative estimate of drug-likeness (QED) is 0.778. The van der Waals surface area contributed by atoms with E-state index in [-0.39, 0.29) is 11.9 Å². The molecule has 0 bridgehead atoms. The van der Waals surface area contributed by atoms with Gasteiger partial charge in [0.1, 0.15) is 12.1 Å². The summed E-state index contributed by atoms with van der Waals surface area (Å²) in [5.41, 5.74) is 2.85. The van der Waals surface area contributed by atoms with Crippen LogP contribution in [0.15, 0.2) is 54.9 Å². The summed E-state index contributed by atoms with van der Waals surface area (Å²) in [4.78, 5) is 4.30. The molecule has 0 spiro atoms. The third kappa shape index (κ3) is 4.15. The summed E-state index contributed by atoms with van der Waals surface area (Å²) >= 11 is 0. The second-order valence-electron chi connectivity index (χ2n) is 5.67. The molecule has 2 aromatic carbocycles. The highest BCUT2D eigenvalue weighted by Gasteiger charge is 2.15. The minimum absolute atomic E-state index is 0.0957. The number of rotatable bonds is 3. The van der Waals surface area contributed by atoms with Gasteiger partial charge in [-0.25, -0.2) is 14.1 Å². The Morgan fingerprint density at radius 1 is 1.08 bits per heavy atom. The van der Waals surface area contributed by atoms with E-state index in [1.54, 1.807) is 23.1 Å². The fourth-order valence-corrected chi connectivity index (χ4v) is 2.74. The zero-order valence-corrected chi connectivity index (χ0v) is 15.0. The SMILES string of the molecule is CC.Fc1ccc(-c2ncn(-c3ccc(C4CNCCO4)cc3)n2)cc1. The number of nitrogens with one attached hydrogen (secondary N) is 1. The lowest BCUT2D eigenvalue weighted by atomic mass is 10.1. The van der Waals surface area contributed by atoms with Crippen LogP contribution in [0, 0.1) is 5.82 Å². The molecule has 0 saturated carbocycles. The first-order chi connectivity index (χ1) is 12.8. The summed E-state index contributed by atoms with van der Waals surface area (Å²) in [7, 11) is 0. The Labute approximate surface area is 152 Å². The van der Waals surface area contributed by atoms with E-state index in [1.165, 1.54) is 12.1 Å². The Kier molecular flexibility index (Phi) is 6.09. The molecule has 1 aliphatic rings. The predicted molar refractivity (Wildman–Crippen MR) is 99.7 cm³/mol. The van der Waals surface area contributed by atoms with Crippen molar-refractivity contribution in [2.24, 2.45) is 0 Å². The van der Waals surface area contributed by atoms with Crippen LogP contribution >= 0.6 is 0 Å². The molecule has 4 rings (SSSR count). The van der Waals surface area contributed by atoms with Gasteiger partial charge in [-0.05, 0) is 42.0 Å². The molecule has 26 heavy (non-hydrogen) atoms. The van der Waals surface area contributed by atoms with Crippen LogP contribution in [0.3, 0.4) is 0 Å². The van der Waals surface area contributed by atoms with Crippen molar-refractivity contribution < 1.29 is 9.13 Å². The van der Waals surface area contributed by atoms with Crippen LogP contribution in [0.2, 0.25) is 0 Å². The van der Waals surface area contributed by atoms with Gasteiger partial charge in [-0.1, -0.05) is 26.0 Å². The summed E-state index contributed by atoms with van der Waals surface area (Å²) in [6, 6.07) is 14.2. The largest absolute Gasteiger partial charge is 0.371 e. The standard InChI is InChI=1S/C18H17FN4O.C2H6/c19-15-5-1-14(2-6-15)18-21-12-23(22-18)16-7-3-13(4-8-16)17-11-20-9-10-24-17;1-2/h1-8,12,17,20H,9-11H2;1-2H3. The maximum Gasteiger partial charge on any atom is 0.181 e. The Hall–Kier alpha value is -2.57. The van der Waals surface area contributed by atoms with Crippen LogP contribution in [0.25, 0.3) is 17.1 Å². The fraction of sp³-hybridized carbons (Fsp3) is 0.300. The van der Waals surface area contributed by atoms with Crippen LogP contribution in [0.5, 0.6) is 0 Å². The summed E-state index contributed by atoms with van der Waals surface area (Å²) in [6.45, 7) is 6.47. The van der Waals surface area contributed by atoms with Crippen molar-refractivity contribution in [2.45, 2.75) is 20.0 Å². The summed E-state index contributed by atoms with van der Waals surface area (Å²) in [6.07, 6.45) is 1.75. The molecule has 1 atom stereocenters. The number of benzene rings is 2. The van der Waals surface area contributed by atoms with E-state index < -0.39 is 0 Å². The molecule has 1 fully saturated rings. The Balaban J connectivity index is 0.000000948. The minimum Gasteiger partial charge on any atom is -0.371 e. The molecule has 1 saturated heterocycles. The lowest BCUT2D eigenvalue weighted by molar-refractivity contribution is 0.0277. The smallest absolute Gasteiger partial charge is 0.181 e. The average molecular weight is 354 g/mol. The van der Waals surface area contributed by atoms with Gasteiger partial charge >= 0.3 is 0 Å². The number of nitrogens with zero attached hydrogens (tertiary/aromatic N) is 3. The number of halogens is 1. The number of hydrogen-bond donors (Lipinski definition) is 1. The number of ether oxygens (including phenoxy) is 1. The molecule has 0 amide bonds. The van der Waals surface area contributed by atoms with Crippen LogP contribution in [-0.2, 0) is 4.74 Å². The molecule has 136 valence electrons. The van der Waals surface area contributed by atoms with Crippen molar-refractivity contribution in [1.29, 1.82) is 0 Å². The van der Waals surface area contributed by atoms with Gasteiger partial charge in [0.25, 0.3) is 0 Å². The normalized spacial score (nSPS) is 16.7. The van der Waals surface area contributed by atoms with Crippen molar-refractivity contribution in [3.63, 3.8) is 0 Å². The fourth-order valence-electron chi connectivity index (χ4n) is 2.74.